The first-order valence-corrected chi connectivity index (χ1v) is 4.17. The fraction of sp³-hybridized carbons (Fsp3) is 0.100. The number of carbonyl (C=O) groups is 3. The van der Waals surface area contributed by atoms with Crippen LogP contribution in [0.2, 0.25) is 0 Å². The topological polar surface area (TPSA) is 51.2 Å². The molecule has 1 aromatic carbocycles. The quantitative estimate of drug-likeness (QED) is 0.738. The molecule has 0 amide bonds. The molecular weight excluding hydrogens is 300 g/mol. The summed E-state index contributed by atoms with van der Waals surface area (Å²) in [5, 5.41) is 0. The van der Waals surface area contributed by atoms with E-state index in [4.69, 9.17) is 14.4 Å². The molecule has 0 heterocycles. The van der Waals surface area contributed by atoms with Crippen molar-refractivity contribution in [3.8, 4) is 0 Å². The van der Waals surface area contributed by atoms with Gasteiger partial charge in [-0.15, -0.1) is 0 Å². The van der Waals surface area contributed by atoms with E-state index >= 15 is 0 Å². The first-order valence-electron chi connectivity index (χ1n) is 3.38. The van der Waals surface area contributed by atoms with Crippen LogP contribution in [0, 0.1) is 6.92 Å². The zero-order chi connectivity index (χ0) is 12.0. The van der Waals surface area contributed by atoms with Gasteiger partial charge in [0.1, 0.15) is 20.4 Å². The van der Waals surface area contributed by atoms with Gasteiger partial charge >= 0.3 is 0 Å². The van der Waals surface area contributed by atoms with E-state index < -0.39 is 0 Å². The zero-order valence-electron chi connectivity index (χ0n) is 8.44. The number of rotatable bonds is 0. The Hall–Kier alpha value is -0.758. The van der Waals surface area contributed by atoms with Crippen LogP contribution < -0.4 is 0 Å². The number of aryl methyl sites for hydroxylation is 1. The van der Waals surface area contributed by atoms with Gasteiger partial charge in [-0.1, -0.05) is 33.6 Å². The second-order valence-corrected chi connectivity index (χ2v) is 2.71. The molecule has 1 aromatic rings. The minimum atomic E-state index is 0. The van der Waals surface area contributed by atoms with Crippen molar-refractivity contribution in [3.63, 3.8) is 0 Å². The minimum Gasteiger partial charge on any atom is -0.307 e. The Morgan fingerprint density at radius 2 is 1.13 bits per heavy atom. The van der Waals surface area contributed by atoms with Crippen LogP contribution in [0.25, 0.3) is 0 Å². The Balaban J connectivity index is -0.0000000755. The maximum Gasteiger partial charge on any atom is 0.106 e. The molecule has 0 saturated heterocycles. The van der Waals surface area contributed by atoms with Crippen LogP contribution in [-0.4, -0.2) is 20.4 Å². The van der Waals surface area contributed by atoms with Gasteiger partial charge in [0.25, 0.3) is 0 Å². The van der Waals surface area contributed by atoms with Gasteiger partial charge in [0, 0.05) is 21.8 Å². The van der Waals surface area contributed by atoms with Crippen molar-refractivity contribution in [2.75, 3.05) is 0 Å². The van der Waals surface area contributed by atoms with Crippen LogP contribution in [-0.2, 0) is 31.7 Å². The third-order valence-corrected chi connectivity index (χ3v) is 1.54. The van der Waals surface area contributed by atoms with Crippen molar-refractivity contribution < 1.29 is 31.7 Å². The van der Waals surface area contributed by atoms with Gasteiger partial charge in [0.05, 0.1) is 0 Å². The first-order chi connectivity index (χ1) is 6.79. The fourth-order valence-corrected chi connectivity index (χ4v) is 0.798. The molecule has 3 nitrogen and oxygen atoms in total. The molecule has 0 aliphatic carbocycles. The van der Waals surface area contributed by atoms with Crippen LogP contribution in [0.15, 0.2) is 28.7 Å². The molecule has 0 unspecified atom stereocenters. The predicted octanol–water partition coefficient (Wildman–Crippen LogP) is 2.20. The summed E-state index contributed by atoms with van der Waals surface area (Å²) < 4.78 is 1.14. The van der Waals surface area contributed by atoms with Gasteiger partial charge in [-0.2, -0.15) is 0 Å². The van der Waals surface area contributed by atoms with Gasteiger partial charge in [-0.05, 0) is 19.1 Å². The van der Waals surface area contributed by atoms with Crippen molar-refractivity contribution in [2.45, 2.75) is 6.92 Å². The molecule has 0 radical (unpaired) electrons. The molecule has 0 spiro atoms. The standard InChI is InChI=1S/C7H7Br.3CH2O.Cr/c1-6-2-4-7(8)5-3-6;3*1-2;/h2-5H,1H3;3*1H2;. The fourth-order valence-electron chi connectivity index (χ4n) is 0.533. The molecule has 0 aliphatic rings. The van der Waals surface area contributed by atoms with E-state index in [1.807, 2.05) is 32.5 Å². The summed E-state index contributed by atoms with van der Waals surface area (Å²) in [4.78, 5) is 24.0. The normalized spacial score (nSPS) is 5.73. The summed E-state index contributed by atoms with van der Waals surface area (Å²) in [6.07, 6.45) is 0. The number of hydrogen-bond acceptors (Lipinski definition) is 3. The van der Waals surface area contributed by atoms with Crippen molar-refractivity contribution in [1.82, 2.24) is 0 Å². The summed E-state index contributed by atoms with van der Waals surface area (Å²) in [5.41, 5.74) is 1.30. The van der Waals surface area contributed by atoms with Gasteiger partial charge < -0.3 is 14.4 Å². The Morgan fingerprint density at radius 3 is 1.33 bits per heavy atom. The molecule has 84 valence electrons. The maximum atomic E-state index is 8.00. The van der Waals surface area contributed by atoms with Crippen LogP contribution >= 0.6 is 15.9 Å². The third kappa shape index (κ3) is 19.6. The number of hydrogen-bond donors (Lipinski definition) is 0. The van der Waals surface area contributed by atoms with Gasteiger partial charge in [0.2, 0.25) is 0 Å². The Labute approximate surface area is 109 Å². The van der Waals surface area contributed by atoms with Crippen LogP contribution in [0.3, 0.4) is 0 Å². The van der Waals surface area contributed by atoms with Crippen LogP contribution in [0.4, 0.5) is 0 Å². The summed E-state index contributed by atoms with van der Waals surface area (Å²) in [7, 11) is 0. The number of benzene rings is 1. The molecule has 0 aromatic heterocycles. The predicted molar refractivity (Wildman–Crippen MR) is 60.2 cm³/mol. The first kappa shape index (κ1) is 23.8. The van der Waals surface area contributed by atoms with Gasteiger partial charge in [-0.25, -0.2) is 0 Å². The van der Waals surface area contributed by atoms with E-state index in [2.05, 4.69) is 35.0 Å². The number of halogens is 1. The molecule has 15 heavy (non-hydrogen) atoms. The largest absolute Gasteiger partial charge is 0.307 e. The second kappa shape index (κ2) is 23.2. The monoisotopic (exact) mass is 312 g/mol. The average molecular weight is 313 g/mol. The van der Waals surface area contributed by atoms with Gasteiger partial charge in [0.15, 0.2) is 0 Å². The third-order valence-electron chi connectivity index (χ3n) is 1.01. The van der Waals surface area contributed by atoms with E-state index in [1.165, 1.54) is 5.56 Å². The molecular formula is C10H13BrCrO3. The van der Waals surface area contributed by atoms with Crippen molar-refractivity contribution in [2.24, 2.45) is 0 Å². The molecule has 0 saturated carbocycles. The summed E-state index contributed by atoms with van der Waals surface area (Å²) in [6, 6.07) is 8.22. The minimum absolute atomic E-state index is 0. The summed E-state index contributed by atoms with van der Waals surface area (Å²) >= 11 is 3.35. The molecule has 1 rings (SSSR count). The van der Waals surface area contributed by atoms with E-state index in [0.717, 1.165) is 4.47 Å². The van der Waals surface area contributed by atoms with Crippen LogP contribution in [0.5, 0.6) is 0 Å². The summed E-state index contributed by atoms with van der Waals surface area (Å²) in [5.74, 6) is 0. The molecule has 0 fully saturated rings. The van der Waals surface area contributed by atoms with Gasteiger partial charge in [-0.3, -0.25) is 0 Å². The van der Waals surface area contributed by atoms with Crippen LogP contribution in [0.1, 0.15) is 5.56 Å². The maximum absolute atomic E-state index is 8.00. The number of carbonyl (C=O) groups excluding carboxylic acids is 3. The van der Waals surface area contributed by atoms with E-state index in [0.29, 0.717) is 0 Å². The molecule has 0 N–H and O–H groups in total. The van der Waals surface area contributed by atoms with E-state index in [-0.39, 0.29) is 17.4 Å². The molecule has 5 heteroatoms. The van der Waals surface area contributed by atoms with Crippen molar-refractivity contribution >= 4 is 36.3 Å². The zero-order valence-corrected chi connectivity index (χ0v) is 11.3. The molecule has 0 aliphatic heterocycles. The molecule has 0 atom stereocenters. The second-order valence-electron chi connectivity index (χ2n) is 1.80. The molecule has 0 bridgehead atoms. The average Bonchev–Trinajstić information content (AvgIpc) is 2.31. The SMILES string of the molecule is C=O.C=O.C=O.Cc1ccc(Br)cc1.[Cr]. The van der Waals surface area contributed by atoms with E-state index in [1.54, 1.807) is 0 Å². The Bertz CT molecular complexity index is 191. The summed E-state index contributed by atoms with van der Waals surface area (Å²) in [6.45, 7) is 8.08. The Kier molecular flexibility index (Phi) is 36.9. The van der Waals surface area contributed by atoms with Crippen molar-refractivity contribution in [3.05, 3.63) is 34.3 Å². The smallest absolute Gasteiger partial charge is 0.106 e. The Morgan fingerprint density at radius 1 is 0.867 bits per heavy atom. The van der Waals surface area contributed by atoms with E-state index in [9.17, 15) is 0 Å². The van der Waals surface area contributed by atoms with Crippen molar-refractivity contribution in [1.29, 1.82) is 0 Å².